The number of ether oxygens (including phenoxy) is 1. The zero-order valence-corrected chi connectivity index (χ0v) is 13.9. The maximum Gasteiger partial charge on any atom is 0.410 e. The molecule has 0 spiro atoms. The van der Waals surface area contributed by atoms with E-state index in [1.165, 1.54) is 11.9 Å². The van der Waals surface area contributed by atoms with E-state index in [0.717, 1.165) is 5.56 Å². The molecule has 0 aliphatic rings. The van der Waals surface area contributed by atoms with Crippen LogP contribution in [0.1, 0.15) is 31.9 Å². The smallest absolute Gasteiger partial charge is 0.410 e. The van der Waals surface area contributed by atoms with Gasteiger partial charge in [0.15, 0.2) is 0 Å². The summed E-state index contributed by atoms with van der Waals surface area (Å²) in [7, 11) is 1.51. The highest BCUT2D eigenvalue weighted by Crippen LogP contribution is 2.15. The summed E-state index contributed by atoms with van der Waals surface area (Å²) in [6.45, 7) is 5.28. The Morgan fingerprint density at radius 1 is 1.39 bits per heavy atom. The summed E-state index contributed by atoms with van der Waals surface area (Å²) in [5, 5.41) is 18.3. The molecule has 0 radical (unpaired) electrons. The summed E-state index contributed by atoms with van der Waals surface area (Å²) in [6, 6.07) is 8.82. The Kier molecular flexibility index (Phi) is 6.14. The summed E-state index contributed by atoms with van der Waals surface area (Å²) in [5.41, 5.74) is 0.590. The van der Waals surface area contributed by atoms with Gasteiger partial charge in [-0.2, -0.15) is 5.26 Å². The molecule has 0 saturated carbocycles. The highest BCUT2D eigenvalue weighted by atomic mass is 16.6. The third-order valence-corrected chi connectivity index (χ3v) is 3.09. The molecular weight excluding hydrogens is 296 g/mol. The van der Waals surface area contributed by atoms with Crippen molar-refractivity contribution in [1.29, 1.82) is 5.26 Å². The molecule has 0 aliphatic heterocycles. The molecule has 1 atom stereocenters. The molecule has 0 saturated heterocycles. The second-order valence-electron chi connectivity index (χ2n) is 6.41. The van der Waals surface area contributed by atoms with Crippen molar-refractivity contribution in [2.24, 2.45) is 5.92 Å². The molecule has 0 heterocycles. The van der Waals surface area contributed by atoms with E-state index in [4.69, 9.17) is 10.00 Å². The molecule has 1 amide bonds. The number of carbonyl (C=O) groups is 2. The predicted molar refractivity (Wildman–Crippen MR) is 84.9 cm³/mol. The molecule has 0 bridgehead atoms. The maximum absolute atomic E-state index is 11.9. The summed E-state index contributed by atoms with van der Waals surface area (Å²) in [4.78, 5) is 24.7. The zero-order valence-electron chi connectivity index (χ0n) is 13.9. The third-order valence-electron chi connectivity index (χ3n) is 3.09. The molecule has 0 fully saturated rings. The van der Waals surface area contributed by atoms with Crippen LogP contribution in [0, 0.1) is 17.2 Å². The lowest BCUT2D eigenvalue weighted by Gasteiger charge is -2.26. The quantitative estimate of drug-likeness (QED) is 0.901. The fourth-order valence-electron chi connectivity index (χ4n) is 2.03. The van der Waals surface area contributed by atoms with Crippen LogP contribution in [0.2, 0.25) is 0 Å². The lowest BCUT2D eigenvalue weighted by atomic mass is 9.98. The van der Waals surface area contributed by atoms with Crippen molar-refractivity contribution in [2.45, 2.75) is 32.8 Å². The van der Waals surface area contributed by atoms with E-state index in [0.29, 0.717) is 5.56 Å². The van der Waals surface area contributed by atoms with E-state index >= 15 is 0 Å². The van der Waals surface area contributed by atoms with E-state index in [9.17, 15) is 14.7 Å². The van der Waals surface area contributed by atoms with Gasteiger partial charge in [0, 0.05) is 13.6 Å². The number of hydrogen-bond acceptors (Lipinski definition) is 4. The number of nitriles is 1. The van der Waals surface area contributed by atoms with Crippen molar-refractivity contribution >= 4 is 12.1 Å². The third kappa shape index (κ3) is 6.39. The first-order chi connectivity index (χ1) is 10.6. The van der Waals surface area contributed by atoms with Gasteiger partial charge in [-0.3, -0.25) is 4.79 Å². The molecule has 0 aliphatic carbocycles. The molecule has 124 valence electrons. The number of nitrogens with zero attached hydrogens (tertiary/aromatic N) is 2. The van der Waals surface area contributed by atoms with Crippen LogP contribution in [0.25, 0.3) is 0 Å². The van der Waals surface area contributed by atoms with Gasteiger partial charge in [-0.05, 0) is 44.9 Å². The van der Waals surface area contributed by atoms with Crippen molar-refractivity contribution in [3.8, 4) is 6.07 Å². The van der Waals surface area contributed by atoms with Crippen LogP contribution < -0.4 is 0 Å². The molecule has 1 aromatic rings. The Balaban J connectivity index is 2.77. The van der Waals surface area contributed by atoms with E-state index in [1.807, 2.05) is 6.07 Å². The summed E-state index contributed by atoms with van der Waals surface area (Å²) in [5.74, 6) is -1.77. The summed E-state index contributed by atoms with van der Waals surface area (Å²) >= 11 is 0. The topological polar surface area (TPSA) is 90.6 Å². The SMILES string of the molecule is CN(CC(Cc1cccc(C#N)c1)C(=O)O)C(=O)OC(C)(C)C. The Morgan fingerprint density at radius 3 is 2.57 bits per heavy atom. The minimum Gasteiger partial charge on any atom is -0.481 e. The number of amides is 1. The van der Waals surface area contributed by atoms with Crippen LogP contribution in [-0.4, -0.2) is 41.3 Å². The zero-order chi connectivity index (χ0) is 17.6. The molecule has 1 N–H and O–H groups in total. The second-order valence-corrected chi connectivity index (χ2v) is 6.41. The van der Waals surface area contributed by atoms with Gasteiger partial charge < -0.3 is 14.7 Å². The molecule has 0 aromatic heterocycles. The molecular formula is C17H22N2O4. The Labute approximate surface area is 136 Å². The first kappa shape index (κ1) is 18.5. The normalized spacial score (nSPS) is 12.1. The average Bonchev–Trinajstić information content (AvgIpc) is 2.44. The van der Waals surface area contributed by atoms with E-state index in [-0.39, 0.29) is 13.0 Å². The van der Waals surface area contributed by atoms with Crippen molar-refractivity contribution < 1.29 is 19.4 Å². The second kappa shape index (κ2) is 7.63. The van der Waals surface area contributed by atoms with Gasteiger partial charge in [0.25, 0.3) is 0 Å². The van der Waals surface area contributed by atoms with Crippen LogP contribution in [-0.2, 0) is 16.0 Å². The number of carboxylic acids is 1. The van der Waals surface area contributed by atoms with Crippen LogP contribution in [0.3, 0.4) is 0 Å². The summed E-state index contributed by atoms with van der Waals surface area (Å²) < 4.78 is 5.22. The number of carboxylic acid groups (broad SMARTS) is 1. The molecule has 1 aromatic carbocycles. The van der Waals surface area contributed by atoms with E-state index < -0.39 is 23.6 Å². The Morgan fingerprint density at radius 2 is 2.04 bits per heavy atom. The first-order valence-corrected chi connectivity index (χ1v) is 7.28. The number of rotatable bonds is 5. The Hall–Kier alpha value is -2.55. The number of aliphatic carboxylic acids is 1. The van der Waals surface area contributed by atoms with Gasteiger partial charge in [-0.15, -0.1) is 0 Å². The van der Waals surface area contributed by atoms with Crippen molar-refractivity contribution in [3.63, 3.8) is 0 Å². The molecule has 1 rings (SSSR count). The van der Waals surface area contributed by atoms with Crippen LogP contribution in [0.5, 0.6) is 0 Å². The molecule has 1 unspecified atom stereocenters. The van der Waals surface area contributed by atoms with Crippen molar-refractivity contribution in [3.05, 3.63) is 35.4 Å². The lowest BCUT2D eigenvalue weighted by molar-refractivity contribution is -0.142. The molecule has 6 nitrogen and oxygen atoms in total. The fourth-order valence-corrected chi connectivity index (χ4v) is 2.03. The predicted octanol–water partition coefficient (Wildman–Crippen LogP) is 2.67. The Bertz CT molecular complexity index is 614. The standard InChI is InChI=1S/C17H22N2O4/c1-17(2,3)23-16(22)19(4)11-14(15(20)21)9-12-6-5-7-13(8-12)10-18/h5-8,14H,9,11H2,1-4H3,(H,20,21). The van der Waals surface area contributed by atoms with Gasteiger partial charge in [0.1, 0.15) is 5.60 Å². The highest BCUT2D eigenvalue weighted by molar-refractivity contribution is 5.73. The van der Waals surface area contributed by atoms with Gasteiger partial charge in [-0.1, -0.05) is 12.1 Å². The van der Waals surface area contributed by atoms with Crippen LogP contribution in [0.4, 0.5) is 4.79 Å². The minimum atomic E-state index is -0.997. The van der Waals surface area contributed by atoms with Gasteiger partial charge in [0.05, 0.1) is 17.6 Å². The highest BCUT2D eigenvalue weighted by Gasteiger charge is 2.25. The largest absolute Gasteiger partial charge is 0.481 e. The van der Waals surface area contributed by atoms with Gasteiger partial charge in [0.2, 0.25) is 0 Å². The van der Waals surface area contributed by atoms with E-state index in [2.05, 4.69) is 0 Å². The van der Waals surface area contributed by atoms with Crippen molar-refractivity contribution in [1.82, 2.24) is 4.90 Å². The van der Waals surface area contributed by atoms with E-state index in [1.54, 1.807) is 45.0 Å². The van der Waals surface area contributed by atoms with Crippen LogP contribution >= 0.6 is 0 Å². The lowest BCUT2D eigenvalue weighted by Crippen LogP contribution is -2.39. The summed E-state index contributed by atoms with van der Waals surface area (Å²) in [6.07, 6.45) is -0.327. The minimum absolute atomic E-state index is 0.0288. The van der Waals surface area contributed by atoms with Crippen LogP contribution in [0.15, 0.2) is 24.3 Å². The van der Waals surface area contributed by atoms with Crippen molar-refractivity contribution in [2.75, 3.05) is 13.6 Å². The maximum atomic E-state index is 11.9. The molecule has 6 heteroatoms. The fraction of sp³-hybridized carbons (Fsp3) is 0.471. The average molecular weight is 318 g/mol. The number of carbonyl (C=O) groups excluding carboxylic acids is 1. The number of benzene rings is 1. The van der Waals surface area contributed by atoms with Gasteiger partial charge >= 0.3 is 12.1 Å². The monoisotopic (exact) mass is 318 g/mol. The molecule has 23 heavy (non-hydrogen) atoms. The first-order valence-electron chi connectivity index (χ1n) is 7.28. The number of hydrogen-bond donors (Lipinski definition) is 1. The van der Waals surface area contributed by atoms with Gasteiger partial charge in [-0.25, -0.2) is 4.79 Å².